The van der Waals surface area contributed by atoms with E-state index >= 15 is 0 Å². The Hall–Kier alpha value is -1.06. The number of rotatable bonds is 4. The minimum absolute atomic E-state index is 0.00667. The van der Waals surface area contributed by atoms with Gasteiger partial charge in [-0.25, -0.2) is 0 Å². The van der Waals surface area contributed by atoms with E-state index in [9.17, 15) is 9.59 Å². The van der Waals surface area contributed by atoms with Crippen molar-refractivity contribution in [1.82, 2.24) is 10.2 Å². The minimum atomic E-state index is -0.145. The van der Waals surface area contributed by atoms with E-state index in [1.54, 1.807) is 0 Å². The Morgan fingerprint density at radius 2 is 1.71 bits per heavy atom. The summed E-state index contributed by atoms with van der Waals surface area (Å²) in [6.45, 7) is 6.35. The maximum absolute atomic E-state index is 11.9. The van der Waals surface area contributed by atoms with E-state index in [0.29, 0.717) is 12.5 Å². The number of carbonyl (C=O) groups is 2. The molecule has 17 heavy (non-hydrogen) atoms. The quantitative estimate of drug-likeness (QED) is 0.758. The van der Waals surface area contributed by atoms with E-state index < -0.39 is 0 Å². The summed E-state index contributed by atoms with van der Waals surface area (Å²) in [7, 11) is 0. The number of amides is 2. The molecule has 1 aliphatic heterocycles. The van der Waals surface area contributed by atoms with Gasteiger partial charge < -0.3 is 10.2 Å². The fourth-order valence-corrected chi connectivity index (χ4v) is 1.95. The van der Waals surface area contributed by atoms with Crippen LogP contribution < -0.4 is 5.32 Å². The lowest BCUT2D eigenvalue weighted by Gasteiger charge is -2.20. The molecule has 0 aromatic heterocycles. The average Bonchev–Trinajstić information content (AvgIpc) is 2.54. The lowest BCUT2D eigenvalue weighted by atomic mass is 10.2. The molecule has 0 radical (unpaired) electrons. The molecule has 1 aliphatic rings. The van der Waals surface area contributed by atoms with Gasteiger partial charge in [0, 0.05) is 19.6 Å². The Morgan fingerprint density at radius 3 is 2.24 bits per heavy atom. The molecule has 1 fully saturated rings. The molecular formula is C13H24N2O2. The molecule has 1 saturated heterocycles. The van der Waals surface area contributed by atoms with E-state index in [1.807, 2.05) is 18.7 Å². The summed E-state index contributed by atoms with van der Waals surface area (Å²) in [5.74, 6) is 0.258. The van der Waals surface area contributed by atoms with Crippen LogP contribution >= 0.6 is 0 Å². The second kappa shape index (κ2) is 7.30. The molecular weight excluding hydrogens is 216 g/mol. The molecule has 98 valence electrons. The first-order valence-electron chi connectivity index (χ1n) is 6.64. The van der Waals surface area contributed by atoms with E-state index in [2.05, 4.69) is 5.32 Å². The van der Waals surface area contributed by atoms with Gasteiger partial charge in [0.15, 0.2) is 0 Å². The zero-order valence-electron chi connectivity index (χ0n) is 11.0. The van der Waals surface area contributed by atoms with Crippen LogP contribution in [0.25, 0.3) is 0 Å². The molecule has 0 atom stereocenters. The van der Waals surface area contributed by atoms with Crippen molar-refractivity contribution in [1.29, 1.82) is 0 Å². The fraction of sp³-hybridized carbons (Fsp3) is 0.846. The van der Waals surface area contributed by atoms with Crippen molar-refractivity contribution in [2.75, 3.05) is 19.6 Å². The van der Waals surface area contributed by atoms with Crippen molar-refractivity contribution in [3.63, 3.8) is 0 Å². The highest BCUT2D eigenvalue weighted by Gasteiger charge is 2.18. The summed E-state index contributed by atoms with van der Waals surface area (Å²) >= 11 is 0. The van der Waals surface area contributed by atoms with Crippen molar-refractivity contribution in [3.05, 3.63) is 0 Å². The first-order chi connectivity index (χ1) is 8.09. The van der Waals surface area contributed by atoms with Crippen LogP contribution in [0.4, 0.5) is 0 Å². The molecule has 0 aromatic carbocycles. The largest absolute Gasteiger partial charge is 0.355 e. The molecule has 1 rings (SSSR count). The maximum atomic E-state index is 11.9. The molecule has 4 heteroatoms. The predicted molar refractivity (Wildman–Crippen MR) is 67.5 cm³/mol. The summed E-state index contributed by atoms with van der Waals surface area (Å²) in [4.78, 5) is 25.2. The number of hydrogen-bond acceptors (Lipinski definition) is 2. The van der Waals surface area contributed by atoms with Crippen LogP contribution in [-0.4, -0.2) is 36.3 Å². The standard InChI is InChI=1S/C13H24N2O2/c1-11(2)10-14-12(16)9-13(17)15-7-5-3-4-6-8-15/h11H,3-10H2,1-2H3,(H,14,16). The van der Waals surface area contributed by atoms with Crippen LogP contribution in [0.1, 0.15) is 46.0 Å². The van der Waals surface area contributed by atoms with Gasteiger partial charge in [-0.1, -0.05) is 26.7 Å². The molecule has 0 bridgehead atoms. The van der Waals surface area contributed by atoms with Gasteiger partial charge in [-0.3, -0.25) is 9.59 Å². The van der Waals surface area contributed by atoms with E-state index in [0.717, 1.165) is 25.9 Å². The fourth-order valence-electron chi connectivity index (χ4n) is 1.95. The normalized spacial score (nSPS) is 16.8. The Balaban J connectivity index is 2.29. The molecule has 2 amide bonds. The first-order valence-corrected chi connectivity index (χ1v) is 6.64. The van der Waals surface area contributed by atoms with E-state index in [-0.39, 0.29) is 18.2 Å². The Labute approximate surface area is 104 Å². The van der Waals surface area contributed by atoms with Gasteiger partial charge in [0.1, 0.15) is 6.42 Å². The zero-order valence-corrected chi connectivity index (χ0v) is 11.0. The van der Waals surface area contributed by atoms with Gasteiger partial charge >= 0.3 is 0 Å². The van der Waals surface area contributed by atoms with E-state index in [4.69, 9.17) is 0 Å². The summed E-state index contributed by atoms with van der Waals surface area (Å²) in [5, 5.41) is 2.78. The third kappa shape index (κ3) is 5.71. The van der Waals surface area contributed by atoms with Crippen LogP contribution in [0.5, 0.6) is 0 Å². The van der Waals surface area contributed by atoms with Gasteiger partial charge in [0.2, 0.25) is 11.8 Å². The highest BCUT2D eigenvalue weighted by molar-refractivity contribution is 5.96. The highest BCUT2D eigenvalue weighted by Crippen LogP contribution is 2.10. The summed E-state index contributed by atoms with van der Waals surface area (Å²) < 4.78 is 0. The summed E-state index contributed by atoms with van der Waals surface area (Å²) in [5.41, 5.74) is 0. The molecule has 1 N–H and O–H groups in total. The van der Waals surface area contributed by atoms with Gasteiger partial charge in [-0.15, -0.1) is 0 Å². The topological polar surface area (TPSA) is 49.4 Å². The van der Waals surface area contributed by atoms with Gasteiger partial charge in [0.05, 0.1) is 0 Å². The number of nitrogens with one attached hydrogen (secondary N) is 1. The molecule has 0 unspecified atom stereocenters. The van der Waals surface area contributed by atoms with E-state index in [1.165, 1.54) is 12.8 Å². The van der Waals surface area contributed by atoms with Gasteiger partial charge in [0.25, 0.3) is 0 Å². The Morgan fingerprint density at radius 1 is 1.12 bits per heavy atom. The molecule has 4 nitrogen and oxygen atoms in total. The smallest absolute Gasteiger partial charge is 0.232 e. The zero-order chi connectivity index (χ0) is 12.7. The SMILES string of the molecule is CC(C)CNC(=O)CC(=O)N1CCCCCC1. The second-order valence-electron chi connectivity index (χ2n) is 5.17. The average molecular weight is 240 g/mol. The van der Waals surface area contributed by atoms with Gasteiger partial charge in [-0.05, 0) is 18.8 Å². The number of nitrogens with zero attached hydrogens (tertiary/aromatic N) is 1. The molecule has 0 aromatic rings. The van der Waals surface area contributed by atoms with Crippen LogP contribution in [0, 0.1) is 5.92 Å². The Bertz CT molecular complexity index is 256. The van der Waals surface area contributed by atoms with Crippen molar-refractivity contribution in [3.8, 4) is 0 Å². The lowest BCUT2D eigenvalue weighted by molar-refractivity contribution is -0.136. The second-order valence-corrected chi connectivity index (χ2v) is 5.17. The maximum Gasteiger partial charge on any atom is 0.232 e. The van der Waals surface area contributed by atoms with Crippen LogP contribution in [0.3, 0.4) is 0 Å². The summed E-state index contributed by atoms with van der Waals surface area (Å²) in [6.07, 6.45) is 4.54. The van der Waals surface area contributed by atoms with Crippen molar-refractivity contribution in [2.24, 2.45) is 5.92 Å². The van der Waals surface area contributed by atoms with Crippen molar-refractivity contribution < 1.29 is 9.59 Å². The van der Waals surface area contributed by atoms with Crippen molar-refractivity contribution >= 4 is 11.8 Å². The molecule has 0 spiro atoms. The number of hydrogen-bond donors (Lipinski definition) is 1. The molecule has 1 heterocycles. The molecule has 0 saturated carbocycles. The minimum Gasteiger partial charge on any atom is -0.355 e. The van der Waals surface area contributed by atoms with Gasteiger partial charge in [-0.2, -0.15) is 0 Å². The van der Waals surface area contributed by atoms with Crippen LogP contribution in [-0.2, 0) is 9.59 Å². The third-order valence-electron chi connectivity index (χ3n) is 2.98. The monoisotopic (exact) mass is 240 g/mol. The molecule has 0 aliphatic carbocycles. The van der Waals surface area contributed by atoms with Crippen LogP contribution in [0.15, 0.2) is 0 Å². The lowest BCUT2D eigenvalue weighted by Crippen LogP contribution is -2.37. The van der Waals surface area contributed by atoms with Crippen LogP contribution in [0.2, 0.25) is 0 Å². The summed E-state index contributed by atoms with van der Waals surface area (Å²) in [6, 6.07) is 0. The first kappa shape index (κ1) is 14.0. The predicted octanol–water partition coefficient (Wildman–Crippen LogP) is 1.55. The highest BCUT2D eigenvalue weighted by atomic mass is 16.2. The number of carbonyl (C=O) groups excluding carboxylic acids is 2. The number of likely N-dealkylation sites (tertiary alicyclic amines) is 1. The third-order valence-corrected chi connectivity index (χ3v) is 2.98. The van der Waals surface area contributed by atoms with Crippen molar-refractivity contribution in [2.45, 2.75) is 46.0 Å². The Kier molecular flexibility index (Phi) is 6.01.